The number of likely N-dealkylation sites (N-methyl/N-ethyl adjacent to an activating group) is 1. The average molecular weight is 261 g/mol. The summed E-state index contributed by atoms with van der Waals surface area (Å²) in [5.41, 5.74) is 0. The zero-order chi connectivity index (χ0) is 14.7. The lowest BCUT2D eigenvalue weighted by Crippen LogP contribution is -2.39. The van der Waals surface area contributed by atoms with E-state index < -0.39 is 24.1 Å². The molecule has 0 radical (unpaired) electrons. The molecule has 0 aromatic carbocycles. The third-order valence-electron chi connectivity index (χ3n) is 1.69. The number of hydrogen-bond acceptors (Lipinski definition) is 5. The SMILES string of the molecule is C=CCN(C)CC=C.O=C(O)C(O)C(O)C(=O)O. The van der Waals surface area contributed by atoms with Crippen molar-refractivity contribution in [3.63, 3.8) is 0 Å². The zero-order valence-corrected chi connectivity index (χ0v) is 10.2. The van der Waals surface area contributed by atoms with E-state index in [1.807, 2.05) is 19.2 Å². The van der Waals surface area contributed by atoms with Crippen LogP contribution in [0.4, 0.5) is 0 Å². The molecule has 0 spiro atoms. The normalized spacial score (nSPS) is 12.9. The molecule has 0 aliphatic rings. The first-order valence-electron chi connectivity index (χ1n) is 5.00. The fourth-order valence-electron chi connectivity index (χ4n) is 0.785. The van der Waals surface area contributed by atoms with Crippen LogP contribution >= 0.6 is 0 Å². The minimum Gasteiger partial charge on any atom is -0.479 e. The maximum Gasteiger partial charge on any atom is 0.335 e. The van der Waals surface area contributed by atoms with Gasteiger partial charge in [0.25, 0.3) is 0 Å². The average Bonchev–Trinajstić information content (AvgIpc) is 2.28. The molecule has 7 heteroatoms. The van der Waals surface area contributed by atoms with E-state index in [9.17, 15) is 9.59 Å². The number of rotatable bonds is 7. The summed E-state index contributed by atoms with van der Waals surface area (Å²) in [6, 6.07) is 0. The van der Waals surface area contributed by atoms with E-state index in [-0.39, 0.29) is 0 Å². The van der Waals surface area contributed by atoms with Crippen molar-refractivity contribution in [3.8, 4) is 0 Å². The molecule has 0 bridgehead atoms. The molecular formula is C11H19NO6. The van der Waals surface area contributed by atoms with Gasteiger partial charge in [0.2, 0.25) is 0 Å². The second-order valence-electron chi connectivity index (χ2n) is 3.36. The second-order valence-corrected chi connectivity index (χ2v) is 3.36. The number of carbonyl (C=O) groups is 2. The predicted molar refractivity (Wildman–Crippen MR) is 65.2 cm³/mol. The molecule has 0 amide bonds. The van der Waals surface area contributed by atoms with Crippen molar-refractivity contribution in [3.05, 3.63) is 25.3 Å². The lowest BCUT2D eigenvalue weighted by molar-refractivity contribution is -0.165. The number of aliphatic carboxylic acids is 2. The van der Waals surface area contributed by atoms with Crippen LogP contribution in [0.1, 0.15) is 0 Å². The van der Waals surface area contributed by atoms with Crippen LogP contribution < -0.4 is 0 Å². The molecule has 2 atom stereocenters. The van der Waals surface area contributed by atoms with Crippen LogP contribution in [0.5, 0.6) is 0 Å². The zero-order valence-electron chi connectivity index (χ0n) is 10.2. The molecule has 0 aromatic rings. The Kier molecular flexibility index (Phi) is 10.8. The largest absolute Gasteiger partial charge is 0.479 e. The maximum absolute atomic E-state index is 9.77. The van der Waals surface area contributed by atoms with Crippen molar-refractivity contribution >= 4 is 11.9 Å². The van der Waals surface area contributed by atoms with Gasteiger partial charge in [0, 0.05) is 13.1 Å². The van der Waals surface area contributed by atoms with Crippen molar-refractivity contribution < 1.29 is 30.0 Å². The summed E-state index contributed by atoms with van der Waals surface area (Å²) >= 11 is 0. The smallest absolute Gasteiger partial charge is 0.335 e. The summed E-state index contributed by atoms with van der Waals surface area (Å²) in [7, 11) is 2.03. The highest BCUT2D eigenvalue weighted by atomic mass is 16.4. The summed E-state index contributed by atoms with van der Waals surface area (Å²) in [6.07, 6.45) is -0.775. The molecule has 0 aliphatic carbocycles. The van der Waals surface area contributed by atoms with Crippen LogP contribution in [-0.4, -0.2) is 69.6 Å². The van der Waals surface area contributed by atoms with Crippen LogP contribution in [0.25, 0.3) is 0 Å². The Morgan fingerprint density at radius 1 is 1.06 bits per heavy atom. The Morgan fingerprint density at radius 3 is 1.50 bits per heavy atom. The fourth-order valence-corrected chi connectivity index (χ4v) is 0.785. The summed E-state index contributed by atoms with van der Waals surface area (Å²) < 4.78 is 0. The molecule has 4 N–H and O–H groups in total. The maximum atomic E-state index is 9.77. The first-order chi connectivity index (χ1) is 8.27. The molecule has 0 rings (SSSR count). The van der Waals surface area contributed by atoms with Crippen LogP contribution in [0.15, 0.2) is 25.3 Å². The van der Waals surface area contributed by atoms with Crippen molar-refractivity contribution in [2.75, 3.05) is 20.1 Å². The van der Waals surface area contributed by atoms with Gasteiger partial charge in [0.15, 0.2) is 12.2 Å². The third kappa shape index (κ3) is 9.52. The van der Waals surface area contributed by atoms with Crippen molar-refractivity contribution in [2.45, 2.75) is 12.2 Å². The molecule has 0 fully saturated rings. The molecule has 0 aliphatic heterocycles. The molecule has 18 heavy (non-hydrogen) atoms. The molecule has 7 nitrogen and oxygen atoms in total. The lowest BCUT2D eigenvalue weighted by Gasteiger charge is -2.09. The van der Waals surface area contributed by atoms with Crippen LogP contribution in [0.2, 0.25) is 0 Å². The van der Waals surface area contributed by atoms with Crippen LogP contribution in [0, 0.1) is 0 Å². The van der Waals surface area contributed by atoms with E-state index in [1.165, 1.54) is 0 Å². The molecule has 0 aromatic heterocycles. The van der Waals surface area contributed by atoms with Crippen LogP contribution in [0.3, 0.4) is 0 Å². The minimum absolute atomic E-state index is 0.937. The van der Waals surface area contributed by atoms with E-state index in [0.717, 1.165) is 13.1 Å². The Labute approximate surface area is 105 Å². The van der Waals surface area contributed by atoms with Gasteiger partial charge in [-0.05, 0) is 7.05 Å². The number of nitrogens with zero attached hydrogens (tertiary/aromatic N) is 1. The third-order valence-corrected chi connectivity index (χ3v) is 1.69. The van der Waals surface area contributed by atoms with Crippen molar-refractivity contribution in [1.82, 2.24) is 4.90 Å². The molecule has 2 unspecified atom stereocenters. The Balaban J connectivity index is 0. The molecule has 104 valence electrons. The van der Waals surface area contributed by atoms with E-state index in [0.29, 0.717) is 0 Å². The monoisotopic (exact) mass is 261 g/mol. The van der Waals surface area contributed by atoms with Gasteiger partial charge < -0.3 is 20.4 Å². The van der Waals surface area contributed by atoms with E-state index in [1.54, 1.807) is 0 Å². The summed E-state index contributed by atoms with van der Waals surface area (Å²) in [5, 5.41) is 32.5. The van der Waals surface area contributed by atoms with Gasteiger partial charge in [0.05, 0.1) is 0 Å². The number of aliphatic hydroxyl groups is 2. The minimum atomic E-state index is -2.27. The fraction of sp³-hybridized carbons (Fsp3) is 0.455. The van der Waals surface area contributed by atoms with E-state index in [4.69, 9.17) is 20.4 Å². The van der Waals surface area contributed by atoms with Gasteiger partial charge in [0.1, 0.15) is 0 Å². The standard InChI is InChI=1S/C7H13N.C4H6O6/c1-4-6-8(3)7-5-2;5-1(3(7)8)2(6)4(9)10/h4-5H,1-2,6-7H2,3H3;1-2,5-6H,(H,7,8)(H,9,10). The number of hydrogen-bond donors (Lipinski definition) is 4. The highest BCUT2D eigenvalue weighted by Gasteiger charge is 2.29. The quantitative estimate of drug-likeness (QED) is 0.441. The topological polar surface area (TPSA) is 118 Å². The van der Waals surface area contributed by atoms with E-state index in [2.05, 4.69) is 18.1 Å². The summed E-state index contributed by atoms with van der Waals surface area (Å²) in [5.74, 6) is -3.54. The van der Waals surface area contributed by atoms with Crippen molar-refractivity contribution in [2.24, 2.45) is 0 Å². The first-order valence-corrected chi connectivity index (χ1v) is 5.00. The number of carboxylic acid groups (broad SMARTS) is 2. The van der Waals surface area contributed by atoms with Crippen molar-refractivity contribution in [1.29, 1.82) is 0 Å². The Morgan fingerprint density at radius 2 is 1.33 bits per heavy atom. The van der Waals surface area contributed by atoms with Gasteiger partial charge in [-0.1, -0.05) is 12.2 Å². The lowest BCUT2D eigenvalue weighted by atomic mass is 10.2. The van der Waals surface area contributed by atoms with Gasteiger partial charge >= 0.3 is 11.9 Å². The van der Waals surface area contributed by atoms with Gasteiger partial charge in [-0.3, -0.25) is 4.90 Å². The van der Waals surface area contributed by atoms with E-state index >= 15 is 0 Å². The molecular weight excluding hydrogens is 242 g/mol. The predicted octanol–water partition coefficient (Wildman–Crippen LogP) is -0.832. The Bertz CT molecular complexity index is 263. The highest BCUT2D eigenvalue weighted by molar-refractivity contribution is 5.83. The summed E-state index contributed by atoms with van der Waals surface area (Å²) in [6.45, 7) is 9.09. The number of carboxylic acids is 2. The Hall–Kier alpha value is -1.70. The van der Waals surface area contributed by atoms with Crippen LogP contribution in [-0.2, 0) is 9.59 Å². The van der Waals surface area contributed by atoms with Gasteiger partial charge in [-0.25, -0.2) is 9.59 Å². The number of aliphatic hydroxyl groups excluding tert-OH is 2. The molecule has 0 saturated carbocycles. The second kappa shape index (κ2) is 10.5. The summed E-state index contributed by atoms with van der Waals surface area (Å²) in [4.78, 5) is 21.7. The molecule has 0 heterocycles. The van der Waals surface area contributed by atoms with Gasteiger partial charge in [-0.2, -0.15) is 0 Å². The van der Waals surface area contributed by atoms with Gasteiger partial charge in [-0.15, -0.1) is 13.2 Å². The molecule has 0 saturated heterocycles. The first kappa shape index (κ1) is 18.7. The highest BCUT2D eigenvalue weighted by Crippen LogP contribution is 1.92.